The first kappa shape index (κ1) is 22.6. The van der Waals surface area contributed by atoms with Crippen LogP contribution in [-0.2, 0) is 25.6 Å². The van der Waals surface area contributed by atoms with Crippen LogP contribution in [0.25, 0.3) is 11.1 Å². The highest BCUT2D eigenvalue weighted by Crippen LogP contribution is 2.20. The minimum atomic E-state index is -1.34. The van der Waals surface area contributed by atoms with Crippen molar-refractivity contribution in [2.24, 2.45) is 0 Å². The summed E-state index contributed by atoms with van der Waals surface area (Å²) in [6.07, 6.45) is -1.34. The summed E-state index contributed by atoms with van der Waals surface area (Å²) in [6.45, 7) is 5.67. The molecule has 0 amide bonds. The molecule has 2 aromatic carbocycles. The standard InChI is InChI=1S/C23H29NO5/c1-23(2,3)29-21(26)16-24(15-20(25)22(27)28-4)14-17-10-12-19(13-11-17)18-8-6-5-7-9-18/h5-13,20,25H,14-16H2,1-4H3/t20-/m0/s1. The number of hydrogen-bond donors (Lipinski definition) is 1. The maximum absolute atomic E-state index is 12.3. The third kappa shape index (κ3) is 7.68. The third-order valence-corrected chi connectivity index (χ3v) is 4.14. The van der Waals surface area contributed by atoms with Crippen molar-refractivity contribution in [1.82, 2.24) is 4.90 Å². The molecule has 0 aliphatic rings. The first-order chi connectivity index (χ1) is 13.7. The smallest absolute Gasteiger partial charge is 0.336 e. The normalized spacial score (nSPS) is 12.5. The summed E-state index contributed by atoms with van der Waals surface area (Å²) in [5, 5.41) is 10.0. The number of hydrogen-bond acceptors (Lipinski definition) is 6. The average Bonchev–Trinajstić information content (AvgIpc) is 2.67. The van der Waals surface area contributed by atoms with E-state index < -0.39 is 23.6 Å². The molecule has 2 aromatic rings. The van der Waals surface area contributed by atoms with Crippen LogP contribution in [0.3, 0.4) is 0 Å². The van der Waals surface area contributed by atoms with Crippen LogP contribution in [0.5, 0.6) is 0 Å². The van der Waals surface area contributed by atoms with Crippen LogP contribution in [-0.4, -0.2) is 53.8 Å². The van der Waals surface area contributed by atoms with E-state index in [1.807, 2.05) is 54.6 Å². The number of methoxy groups -OCH3 is 1. The number of ether oxygens (including phenoxy) is 2. The number of rotatable bonds is 8. The second-order valence-corrected chi connectivity index (χ2v) is 7.86. The van der Waals surface area contributed by atoms with Crippen LogP contribution in [0.1, 0.15) is 26.3 Å². The van der Waals surface area contributed by atoms with Gasteiger partial charge in [0.15, 0.2) is 6.10 Å². The zero-order valence-corrected chi connectivity index (χ0v) is 17.4. The van der Waals surface area contributed by atoms with E-state index in [1.165, 1.54) is 7.11 Å². The Morgan fingerprint density at radius 2 is 1.59 bits per heavy atom. The molecule has 0 unspecified atom stereocenters. The van der Waals surface area contributed by atoms with Crippen LogP contribution in [0.15, 0.2) is 54.6 Å². The van der Waals surface area contributed by atoms with Gasteiger partial charge in [-0.2, -0.15) is 0 Å². The summed E-state index contributed by atoms with van der Waals surface area (Å²) >= 11 is 0. The zero-order valence-electron chi connectivity index (χ0n) is 17.4. The Kier molecular flexibility index (Phi) is 7.93. The van der Waals surface area contributed by atoms with Crippen molar-refractivity contribution < 1.29 is 24.2 Å². The lowest BCUT2D eigenvalue weighted by atomic mass is 10.0. The van der Waals surface area contributed by atoms with Crippen molar-refractivity contribution in [3.05, 3.63) is 60.2 Å². The van der Waals surface area contributed by atoms with Gasteiger partial charge in [0.25, 0.3) is 0 Å². The first-order valence-corrected chi connectivity index (χ1v) is 9.52. The average molecular weight is 399 g/mol. The molecule has 0 aliphatic carbocycles. The molecule has 0 saturated heterocycles. The Bertz CT molecular complexity index is 796. The Morgan fingerprint density at radius 3 is 2.14 bits per heavy atom. The van der Waals surface area contributed by atoms with Gasteiger partial charge in [0.2, 0.25) is 0 Å². The summed E-state index contributed by atoms with van der Waals surface area (Å²) in [5.74, 6) is -1.16. The molecule has 0 bridgehead atoms. The molecule has 0 heterocycles. The fourth-order valence-corrected chi connectivity index (χ4v) is 2.89. The van der Waals surface area contributed by atoms with E-state index >= 15 is 0 Å². The van der Waals surface area contributed by atoms with E-state index in [4.69, 9.17) is 4.74 Å². The molecule has 6 nitrogen and oxygen atoms in total. The van der Waals surface area contributed by atoms with Crippen molar-refractivity contribution in [2.75, 3.05) is 20.2 Å². The Labute approximate surface area is 172 Å². The SMILES string of the molecule is COC(=O)[C@@H](O)CN(CC(=O)OC(C)(C)C)Cc1ccc(-c2ccccc2)cc1. The molecule has 156 valence electrons. The molecular formula is C23H29NO5. The largest absolute Gasteiger partial charge is 0.467 e. The number of aliphatic hydroxyl groups excluding tert-OH is 1. The summed E-state index contributed by atoms with van der Waals surface area (Å²) in [4.78, 5) is 25.5. The number of carbonyl (C=O) groups is 2. The van der Waals surface area contributed by atoms with Crippen LogP contribution in [0.4, 0.5) is 0 Å². The molecule has 0 radical (unpaired) electrons. The third-order valence-electron chi connectivity index (χ3n) is 4.14. The van der Waals surface area contributed by atoms with Gasteiger partial charge in [0.05, 0.1) is 13.7 Å². The lowest BCUT2D eigenvalue weighted by molar-refractivity contribution is -0.159. The van der Waals surface area contributed by atoms with Crippen LogP contribution in [0, 0.1) is 0 Å². The van der Waals surface area contributed by atoms with Crippen molar-refractivity contribution in [2.45, 2.75) is 39.0 Å². The topological polar surface area (TPSA) is 76.1 Å². The van der Waals surface area contributed by atoms with Crippen LogP contribution in [0.2, 0.25) is 0 Å². The second kappa shape index (κ2) is 10.2. The molecule has 29 heavy (non-hydrogen) atoms. The van der Waals surface area contributed by atoms with E-state index in [0.717, 1.165) is 16.7 Å². The number of carbonyl (C=O) groups excluding carboxylic acids is 2. The van der Waals surface area contributed by atoms with Gasteiger partial charge < -0.3 is 14.6 Å². The van der Waals surface area contributed by atoms with Gasteiger partial charge in [-0.3, -0.25) is 9.69 Å². The molecule has 2 rings (SSSR count). The summed E-state index contributed by atoms with van der Waals surface area (Å²) in [6, 6.07) is 18.0. The van der Waals surface area contributed by atoms with E-state index in [9.17, 15) is 14.7 Å². The van der Waals surface area contributed by atoms with Gasteiger partial charge in [-0.15, -0.1) is 0 Å². The lowest BCUT2D eigenvalue weighted by Crippen LogP contribution is -2.41. The Balaban J connectivity index is 2.11. The summed E-state index contributed by atoms with van der Waals surface area (Å²) in [5.41, 5.74) is 2.54. The highest BCUT2D eigenvalue weighted by Gasteiger charge is 2.24. The number of esters is 2. The van der Waals surface area contributed by atoms with Gasteiger partial charge in [-0.25, -0.2) is 4.79 Å². The van der Waals surface area contributed by atoms with E-state index in [1.54, 1.807) is 25.7 Å². The predicted molar refractivity (Wildman–Crippen MR) is 111 cm³/mol. The minimum Gasteiger partial charge on any atom is -0.467 e. The maximum atomic E-state index is 12.3. The molecule has 1 atom stereocenters. The van der Waals surface area contributed by atoms with Crippen molar-refractivity contribution >= 4 is 11.9 Å². The van der Waals surface area contributed by atoms with Crippen molar-refractivity contribution in [1.29, 1.82) is 0 Å². The zero-order chi connectivity index (χ0) is 21.4. The van der Waals surface area contributed by atoms with Crippen molar-refractivity contribution in [3.63, 3.8) is 0 Å². The summed E-state index contributed by atoms with van der Waals surface area (Å²) < 4.78 is 9.95. The monoisotopic (exact) mass is 399 g/mol. The fourth-order valence-electron chi connectivity index (χ4n) is 2.89. The highest BCUT2D eigenvalue weighted by molar-refractivity contribution is 5.75. The molecule has 0 aliphatic heterocycles. The molecule has 6 heteroatoms. The lowest BCUT2D eigenvalue weighted by Gasteiger charge is -2.26. The highest BCUT2D eigenvalue weighted by atomic mass is 16.6. The van der Waals surface area contributed by atoms with Gasteiger partial charge in [-0.1, -0.05) is 54.6 Å². The van der Waals surface area contributed by atoms with Crippen molar-refractivity contribution in [3.8, 4) is 11.1 Å². The minimum absolute atomic E-state index is 0.0354. The van der Waals surface area contributed by atoms with E-state index in [-0.39, 0.29) is 13.1 Å². The number of aliphatic hydroxyl groups is 1. The van der Waals surface area contributed by atoms with Crippen LogP contribution < -0.4 is 0 Å². The van der Waals surface area contributed by atoms with E-state index in [0.29, 0.717) is 6.54 Å². The molecule has 0 saturated carbocycles. The molecule has 1 N–H and O–H groups in total. The van der Waals surface area contributed by atoms with Gasteiger partial charge in [0, 0.05) is 13.1 Å². The van der Waals surface area contributed by atoms with Gasteiger partial charge in [0.1, 0.15) is 5.60 Å². The molecule has 0 spiro atoms. The van der Waals surface area contributed by atoms with Gasteiger partial charge >= 0.3 is 11.9 Å². The predicted octanol–water partition coefficient (Wildman–Crippen LogP) is 3.03. The maximum Gasteiger partial charge on any atom is 0.336 e. The fraction of sp³-hybridized carbons (Fsp3) is 0.391. The Morgan fingerprint density at radius 1 is 1.00 bits per heavy atom. The van der Waals surface area contributed by atoms with E-state index in [2.05, 4.69) is 4.74 Å². The molecule has 0 fully saturated rings. The second-order valence-electron chi connectivity index (χ2n) is 7.86. The van der Waals surface area contributed by atoms with Gasteiger partial charge in [-0.05, 0) is 37.5 Å². The number of benzene rings is 2. The van der Waals surface area contributed by atoms with Crippen LogP contribution >= 0.6 is 0 Å². The molecule has 0 aromatic heterocycles. The quantitative estimate of drug-likeness (QED) is 0.688. The summed E-state index contributed by atoms with van der Waals surface area (Å²) in [7, 11) is 1.21. The first-order valence-electron chi connectivity index (χ1n) is 9.52. The Hall–Kier alpha value is -2.70. The molecular weight excluding hydrogens is 370 g/mol. The number of nitrogens with zero attached hydrogens (tertiary/aromatic N) is 1.